The lowest BCUT2D eigenvalue weighted by Gasteiger charge is -2.24. The Kier molecular flexibility index (Phi) is 7.39. The van der Waals surface area contributed by atoms with Crippen molar-refractivity contribution in [2.75, 3.05) is 14.2 Å². The fraction of sp³-hybridized carbons (Fsp3) is 0.323. The van der Waals surface area contributed by atoms with Crippen molar-refractivity contribution in [2.45, 2.75) is 51.6 Å². The number of ether oxygens (including phenoxy) is 3. The van der Waals surface area contributed by atoms with Crippen LogP contribution in [0.1, 0.15) is 62.6 Å². The largest absolute Gasteiger partial charge is 0.497 e. The summed E-state index contributed by atoms with van der Waals surface area (Å²) in [4.78, 5) is 13.0. The van der Waals surface area contributed by atoms with E-state index in [0.717, 1.165) is 39.9 Å². The van der Waals surface area contributed by atoms with Crippen LogP contribution in [0.25, 0.3) is 10.9 Å². The number of carbonyl (C=O) groups is 1. The van der Waals surface area contributed by atoms with Gasteiger partial charge in [-0.05, 0) is 68.5 Å². The fourth-order valence-corrected chi connectivity index (χ4v) is 4.77. The molecular formula is C31H35NO4. The van der Waals surface area contributed by atoms with Gasteiger partial charge >= 0.3 is 6.09 Å². The molecule has 4 aromatic rings. The molecule has 1 aromatic heterocycles. The van der Waals surface area contributed by atoms with Crippen LogP contribution >= 0.6 is 0 Å². The minimum absolute atomic E-state index is 0.0886. The van der Waals surface area contributed by atoms with E-state index >= 15 is 0 Å². The number of nitrogens with zero attached hydrogens (tertiary/aromatic N) is 1. The second-order valence-corrected chi connectivity index (χ2v) is 10.2. The van der Waals surface area contributed by atoms with Gasteiger partial charge in [0.15, 0.2) is 0 Å². The highest BCUT2D eigenvalue weighted by atomic mass is 16.6. The molecule has 0 aliphatic rings. The van der Waals surface area contributed by atoms with Gasteiger partial charge in [-0.1, -0.05) is 55.5 Å². The van der Waals surface area contributed by atoms with Gasteiger partial charge in [0.1, 0.15) is 17.1 Å². The van der Waals surface area contributed by atoms with E-state index in [1.54, 1.807) is 18.8 Å². The Morgan fingerprint density at radius 3 is 2.19 bits per heavy atom. The molecule has 2 unspecified atom stereocenters. The van der Waals surface area contributed by atoms with Gasteiger partial charge in [-0.3, -0.25) is 4.57 Å². The molecule has 0 spiro atoms. The lowest BCUT2D eigenvalue weighted by molar-refractivity contribution is 0.0544. The molecule has 0 aliphatic heterocycles. The van der Waals surface area contributed by atoms with E-state index in [2.05, 4.69) is 31.2 Å². The van der Waals surface area contributed by atoms with E-state index in [0.29, 0.717) is 0 Å². The number of rotatable bonds is 7. The maximum absolute atomic E-state index is 13.0. The summed E-state index contributed by atoms with van der Waals surface area (Å²) in [6.45, 7) is 7.86. The summed E-state index contributed by atoms with van der Waals surface area (Å²) in [5.41, 5.74) is 3.71. The van der Waals surface area contributed by atoms with Crippen LogP contribution in [-0.4, -0.2) is 30.5 Å². The maximum atomic E-state index is 13.0. The smallest absolute Gasteiger partial charge is 0.419 e. The summed E-state index contributed by atoms with van der Waals surface area (Å²) >= 11 is 0. The third-order valence-corrected chi connectivity index (χ3v) is 6.49. The molecule has 0 aliphatic carbocycles. The Labute approximate surface area is 213 Å². The van der Waals surface area contributed by atoms with E-state index in [1.165, 1.54) is 5.56 Å². The Morgan fingerprint density at radius 2 is 1.53 bits per heavy atom. The van der Waals surface area contributed by atoms with Gasteiger partial charge in [-0.2, -0.15) is 0 Å². The number of benzene rings is 3. The van der Waals surface area contributed by atoms with Gasteiger partial charge in [0.2, 0.25) is 0 Å². The molecule has 3 aromatic carbocycles. The van der Waals surface area contributed by atoms with Crippen LogP contribution in [0, 0.1) is 0 Å². The molecule has 188 valence electrons. The Bertz CT molecular complexity index is 1330. The van der Waals surface area contributed by atoms with E-state index in [-0.39, 0.29) is 17.9 Å². The van der Waals surface area contributed by atoms with Crippen molar-refractivity contribution in [1.82, 2.24) is 4.57 Å². The SMILES string of the molecule is COc1ccc(C(CC(C)c2cn(C(=O)OC(C)(C)C)c3ccccc23)c2ccccc2OC)cc1. The molecule has 0 N–H and O–H groups in total. The van der Waals surface area contributed by atoms with Crippen molar-refractivity contribution >= 4 is 17.0 Å². The monoisotopic (exact) mass is 485 g/mol. The standard InChI is InChI=1S/C31H35NO4/c1-21(27-20-32(30(33)36-31(2,3)4)28-13-9-7-11-24(27)28)19-26(22-15-17-23(34-5)18-16-22)25-12-8-10-14-29(25)35-6/h7-18,20-21,26H,19H2,1-6H3. The zero-order valence-corrected chi connectivity index (χ0v) is 21.9. The van der Waals surface area contributed by atoms with Gasteiger partial charge in [0.05, 0.1) is 19.7 Å². The number of methoxy groups -OCH3 is 2. The van der Waals surface area contributed by atoms with Crippen LogP contribution in [0.5, 0.6) is 11.5 Å². The number of aromatic nitrogens is 1. The summed E-state index contributed by atoms with van der Waals surface area (Å²) in [6.07, 6.45) is 2.40. The predicted molar refractivity (Wildman–Crippen MR) is 144 cm³/mol. The molecule has 0 saturated carbocycles. The van der Waals surface area contributed by atoms with Gasteiger partial charge in [-0.15, -0.1) is 0 Å². The first kappa shape index (κ1) is 25.4. The molecule has 5 nitrogen and oxygen atoms in total. The average molecular weight is 486 g/mol. The van der Waals surface area contributed by atoms with E-state index in [4.69, 9.17) is 14.2 Å². The molecule has 0 amide bonds. The lowest BCUT2D eigenvalue weighted by Crippen LogP contribution is -2.26. The van der Waals surface area contributed by atoms with Crippen LogP contribution < -0.4 is 9.47 Å². The highest BCUT2D eigenvalue weighted by Gasteiger charge is 2.26. The van der Waals surface area contributed by atoms with Crippen LogP contribution in [0.2, 0.25) is 0 Å². The Morgan fingerprint density at radius 1 is 0.861 bits per heavy atom. The molecule has 2 atom stereocenters. The number of carbonyl (C=O) groups excluding carboxylic acids is 1. The molecule has 0 saturated heterocycles. The summed E-state index contributed by atoms with van der Waals surface area (Å²) in [7, 11) is 3.39. The predicted octanol–water partition coefficient (Wildman–Crippen LogP) is 7.77. The number of hydrogen-bond acceptors (Lipinski definition) is 4. The quantitative estimate of drug-likeness (QED) is 0.268. The molecule has 0 bridgehead atoms. The summed E-state index contributed by atoms with van der Waals surface area (Å²) < 4.78 is 18.5. The molecule has 1 heterocycles. The van der Waals surface area contributed by atoms with E-state index < -0.39 is 5.60 Å². The zero-order chi connectivity index (χ0) is 25.9. The van der Waals surface area contributed by atoms with Crippen molar-refractivity contribution in [1.29, 1.82) is 0 Å². The fourth-order valence-electron chi connectivity index (χ4n) is 4.77. The first-order valence-corrected chi connectivity index (χ1v) is 12.3. The van der Waals surface area contributed by atoms with Crippen molar-refractivity contribution in [3.05, 3.63) is 95.7 Å². The van der Waals surface area contributed by atoms with E-state index in [1.807, 2.05) is 75.5 Å². The van der Waals surface area contributed by atoms with Gasteiger partial charge in [0, 0.05) is 23.1 Å². The van der Waals surface area contributed by atoms with Crippen molar-refractivity contribution in [3.63, 3.8) is 0 Å². The third-order valence-electron chi connectivity index (χ3n) is 6.49. The summed E-state index contributed by atoms with van der Waals surface area (Å²) in [5, 5.41) is 1.06. The van der Waals surface area contributed by atoms with Crippen molar-refractivity contribution in [3.8, 4) is 11.5 Å². The first-order chi connectivity index (χ1) is 17.2. The third kappa shape index (κ3) is 5.40. The lowest BCUT2D eigenvalue weighted by atomic mass is 9.81. The van der Waals surface area contributed by atoms with Gasteiger partial charge in [0.25, 0.3) is 0 Å². The van der Waals surface area contributed by atoms with Gasteiger partial charge in [-0.25, -0.2) is 4.79 Å². The highest BCUT2D eigenvalue weighted by molar-refractivity contribution is 5.92. The Balaban J connectivity index is 1.75. The van der Waals surface area contributed by atoms with Crippen molar-refractivity contribution in [2.24, 2.45) is 0 Å². The van der Waals surface area contributed by atoms with Crippen molar-refractivity contribution < 1.29 is 19.0 Å². The molecule has 4 rings (SSSR count). The molecule has 0 radical (unpaired) electrons. The zero-order valence-electron chi connectivity index (χ0n) is 21.9. The highest BCUT2D eigenvalue weighted by Crippen LogP contribution is 2.41. The minimum atomic E-state index is -0.572. The van der Waals surface area contributed by atoms with Crippen LogP contribution in [0.3, 0.4) is 0 Å². The van der Waals surface area contributed by atoms with Gasteiger partial charge < -0.3 is 14.2 Å². The summed E-state index contributed by atoms with van der Waals surface area (Å²) in [5.74, 6) is 1.93. The molecule has 36 heavy (non-hydrogen) atoms. The minimum Gasteiger partial charge on any atom is -0.497 e. The first-order valence-electron chi connectivity index (χ1n) is 12.3. The normalized spacial score (nSPS) is 13.3. The average Bonchev–Trinajstić information content (AvgIpc) is 3.26. The van der Waals surface area contributed by atoms with Crippen LogP contribution in [0.4, 0.5) is 4.79 Å². The second kappa shape index (κ2) is 10.5. The Hall–Kier alpha value is -3.73. The molecule has 5 heteroatoms. The second-order valence-electron chi connectivity index (χ2n) is 10.2. The van der Waals surface area contributed by atoms with E-state index in [9.17, 15) is 4.79 Å². The summed E-state index contributed by atoms with van der Waals surface area (Å²) in [6, 6.07) is 24.4. The molecule has 0 fully saturated rings. The number of fused-ring (bicyclic) bond motifs is 1. The topological polar surface area (TPSA) is 49.7 Å². The van der Waals surface area contributed by atoms with Crippen LogP contribution in [-0.2, 0) is 4.74 Å². The maximum Gasteiger partial charge on any atom is 0.419 e. The van der Waals surface area contributed by atoms with Crippen LogP contribution in [0.15, 0.2) is 79.0 Å². The number of para-hydroxylation sites is 2. The molecular weight excluding hydrogens is 450 g/mol. The number of hydrogen-bond donors (Lipinski definition) is 0.